The van der Waals surface area contributed by atoms with E-state index >= 15 is 0 Å². The first-order chi connectivity index (χ1) is 8.26. The molecule has 0 aromatic carbocycles. The first-order valence-corrected chi connectivity index (χ1v) is 6.33. The number of hydrogen-bond acceptors (Lipinski definition) is 3. The average molecular weight is 243 g/mol. The Balaban J connectivity index is 3.80. The minimum atomic E-state index is -0.155. The summed E-state index contributed by atoms with van der Waals surface area (Å²) in [5, 5.41) is 0. The molecule has 0 rings (SSSR count). The summed E-state index contributed by atoms with van der Waals surface area (Å²) in [7, 11) is 0. The molecule has 0 aliphatic rings. The largest absolute Gasteiger partial charge is 0.361 e. The van der Waals surface area contributed by atoms with Crippen molar-refractivity contribution in [2.45, 2.75) is 39.5 Å². The Kier molecular flexibility index (Phi) is 11.0. The molecule has 4 heteroatoms. The molecular weight excluding hydrogens is 218 g/mol. The standard InChI is InChI=1S/C13H25NO3/c1-4-7-9-16-11-14(13(15)6-3)12-17-10-8-5-2/h6H,3-5,7-12H2,1-2H3. The number of ether oxygens (including phenoxy) is 2. The molecular formula is C13H25NO3. The summed E-state index contributed by atoms with van der Waals surface area (Å²) in [6.45, 7) is 9.57. The van der Waals surface area contributed by atoms with E-state index in [0.29, 0.717) is 13.2 Å². The van der Waals surface area contributed by atoms with Crippen LogP contribution in [0.3, 0.4) is 0 Å². The highest BCUT2D eigenvalue weighted by Gasteiger charge is 2.09. The number of amides is 1. The average Bonchev–Trinajstić information content (AvgIpc) is 2.36. The third-order valence-corrected chi connectivity index (χ3v) is 2.26. The molecule has 0 bridgehead atoms. The third kappa shape index (κ3) is 8.89. The van der Waals surface area contributed by atoms with Gasteiger partial charge in [0.15, 0.2) is 0 Å². The molecule has 17 heavy (non-hydrogen) atoms. The normalized spacial score (nSPS) is 10.2. The van der Waals surface area contributed by atoms with Gasteiger partial charge in [-0.15, -0.1) is 0 Å². The van der Waals surface area contributed by atoms with Gasteiger partial charge in [-0.1, -0.05) is 33.3 Å². The number of hydrogen-bond donors (Lipinski definition) is 0. The fourth-order valence-corrected chi connectivity index (χ4v) is 1.14. The number of rotatable bonds is 11. The highest BCUT2D eigenvalue weighted by molar-refractivity contribution is 5.86. The van der Waals surface area contributed by atoms with Crippen molar-refractivity contribution in [2.24, 2.45) is 0 Å². The molecule has 0 aromatic heterocycles. The van der Waals surface area contributed by atoms with Crippen molar-refractivity contribution in [3.05, 3.63) is 12.7 Å². The van der Waals surface area contributed by atoms with Gasteiger partial charge in [-0.3, -0.25) is 9.69 Å². The van der Waals surface area contributed by atoms with E-state index in [4.69, 9.17) is 9.47 Å². The lowest BCUT2D eigenvalue weighted by Crippen LogP contribution is -2.34. The van der Waals surface area contributed by atoms with Crippen LogP contribution in [0.1, 0.15) is 39.5 Å². The van der Waals surface area contributed by atoms with Crippen LogP contribution in [-0.4, -0.2) is 37.5 Å². The molecule has 0 unspecified atom stereocenters. The highest BCUT2D eigenvalue weighted by Crippen LogP contribution is 1.97. The van der Waals surface area contributed by atoms with Crippen LogP contribution in [0, 0.1) is 0 Å². The van der Waals surface area contributed by atoms with Crippen LogP contribution in [-0.2, 0) is 14.3 Å². The monoisotopic (exact) mass is 243 g/mol. The minimum absolute atomic E-state index is 0.155. The smallest absolute Gasteiger partial charge is 0.249 e. The van der Waals surface area contributed by atoms with Gasteiger partial charge in [-0.05, 0) is 18.9 Å². The molecule has 1 amide bonds. The first-order valence-electron chi connectivity index (χ1n) is 6.33. The Morgan fingerprint density at radius 3 is 1.94 bits per heavy atom. The zero-order valence-electron chi connectivity index (χ0n) is 11.1. The molecule has 0 heterocycles. The van der Waals surface area contributed by atoms with Crippen molar-refractivity contribution in [1.82, 2.24) is 4.90 Å². The fraction of sp³-hybridized carbons (Fsp3) is 0.769. The van der Waals surface area contributed by atoms with E-state index < -0.39 is 0 Å². The third-order valence-electron chi connectivity index (χ3n) is 2.26. The number of nitrogens with zero attached hydrogens (tertiary/aromatic N) is 1. The maximum absolute atomic E-state index is 11.5. The van der Waals surface area contributed by atoms with Crippen LogP contribution in [0.2, 0.25) is 0 Å². The minimum Gasteiger partial charge on any atom is -0.361 e. The van der Waals surface area contributed by atoms with Crippen LogP contribution in [0.25, 0.3) is 0 Å². The van der Waals surface area contributed by atoms with E-state index in [1.165, 1.54) is 11.0 Å². The molecule has 0 aromatic rings. The van der Waals surface area contributed by atoms with E-state index in [1.807, 2.05) is 0 Å². The van der Waals surface area contributed by atoms with E-state index in [2.05, 4.69) is 20.4 Å². The Bertz CT molecular complexity index is 195. The number of carbonyl (C=O) groups excluding carboxylic acids is 1. The van der Waals surface area contributed by atoms with Gasteiger partial charge in [0.2, 0.25) is 5.91 Å². The van der Waals surface area contributed by atoms with Gasteiger partial charge in [0.05, 0.1) is 0 Å². The van der Waals surface area contributed by atoms with Gasteiger partial charge in [0.25, 0.3) is 0 Å². The number of carbonyl (C=O) groups is 1. The second-order valence-corrected chi connectivity index (χ2v) is 3.86. The van der Waals surface area contributed by atoms with Gasteiger partial charge in [-0.2, -0.15) is 0 Å². The zero-order valence-corrected chi connectivity index (χ0v) is 11.1. The fourth-order valence-electron chi connectivity index (χ4n) is 1.14. The molecule has 0 aliphatic heterocycles. The van der Waals surface area contributed by atoms with Crippen LogP contribution in [0.5, 0.6) is 0 Å². The predicted molar refractivity (Wildman–Crippen MR) is 68.5 cm³/mol. The lowest BCUT2D eigenvalue weighted by molar-refractivity contribution is -0.139. The maximum Gasteiger partial charge on any atom is 0.249 e. The molecule has 0 atom stereocenters. The van der Waals surface area contributed by atoms with Crippen LogP contribution < -0.4 is 0 Å². The van der Waals surface area contributed by atoms with E-state index in [-0.39, 0.29) is 19.4 Å². The summed E-state index contributed by atoms with van der Waals surface area (Å²) in [6, 6.07) is 0. The Morgan fingerprint density at radius 1 is 1.12 bits per heavy atom. The molecule has 100 valence electrons. The van der Waals surface area contributed by atoms with Crippen molar-refractivity contribution in [1.29, 1.82) is 0 Å². The summed E-state index contributed by atoms with van der Waals surface area (Å²) < 4.78 is 10.8. The molecule has 0 N–H and O–H groups in total. The number of unbranched alkanes of at least 4 members (excludes halogenated alkanes) is 2. The molecule has 0 spiro atoms. The second-order valence-electron chi connectivity index (χ2n) is 3.86. The van der Waals surface area contributed by atoms with Crippen LogP contribution in [0.15, 0.2) is 12.7 Å². The van der Waals surface area contributed by atoms with Crippen molar-refractivity contribution < 1.29 is 14.3 Å². The molecule has 0 aliphatic carbocycles. The Morgan fingerprint density at radius 2 is 1.59 bits per heavy atom. The van der Waals surface area contributed by atoms with E-state index in [1.54, 1.807) is 0 Å². The summed E-state index contributed by atoms with van der Waals surface area (Å²) in [5.74, 6) is -0.155. The summed E-state index contributed by atoms with van der Waals surface area (Å²) in [4.78, 5) is 13.0. The summed E-state index contributed by atoms with van der Waals surface area (Å²) in [6.07, 6.45) is 5.47. The van der Waals surface area contributed by atoms with Gasteiger partial charge in [0.1, 0.15) is 13.5 Å². The maximum atomic E-state index is 11.5. The van der Waals surface area contributed by atoms with Crippen LogP contribution >= 0.6 is 0 Å². The first kappa shape index (κ1) is 16.1. The van der Waals surface area contributed by atoms with Gasteiger partial charge in [0, 0.05) is 13.2 Å². The van der Waals surface area contributed by atoms with Crippen molar-refractivity contribution >= 4 is 5.91 Å². The van der Waals surface area contributed by atoms with Crippen LogP contribution in [0.4, 0.5) is 0 Å². The van der Waals surface area contributed by atoms with E-state index in [0.717, 1.165) is 25.7 Å². The molecule has 0 fully saturated rings. The topological polar surface area (TPSA) is 38.8 Å². The predicted octanol–water partition coefficient (Wildman–Crippen LogP) is 2.55. The zero-order chi connectivity index (χ0) is 12.9. The van der Waals surface area contributed by atoms with Gasteiger partial charge >= 0.3 is 0 Å². The van der Waals surface area contributed by atoms with Gasteiger partial charge < -0.3 is 9.47 Å². The highest BCUT2D eigenvalue weighted by atomic mass is 16.5. The molecule has 0 saturated heterocycles. The van der Waals surface area contributed by atoms with Crippen molar-refractivity contribution in [3.8, 4) is 0 Å². The SMILES string of the molecule is C=CC(=O)N(COCCCC)COCCCC. The molecule has 0 radical (unpaired) electrons. The van der Waals surface area contributed by atoms with Crippen molar-refractivity contribution in [3.63, 3.8) is 0 Å². The lowest BCUT2D eigenvalue weighted by Gasteiger charge is -2.20. The Hall–Kier alpha value is -0.870. The molecule has 4 nitrogen and oxygen atoms in total. The summed E-state index contributed by atoms with van der Waals surface area (Å²) in [5.41, 5.74) is 0. The van der Waals surface area contributed by atoms with Crippen molar-refractivity contribution in [2.75, 3.05) is 26.7 Å². The summed E-state index contributed by atoms with van der Waals surface area (Å²) >= 11 is 0. The van der Waals surface area contributed by atoms with Gasteiger partial charge in [-0.25, -0.2) is 0 Å². The second kappa shape index (κ2) is 11.6. The quantitative estimate of drug-likeness (QED) is 0.318. The Labute approximate surface area is 105 Å². The lowest BCUT2D eigenvalue weighted by atomic mass is 10.4. The van der Waals surface area contributed by atoms with E-state index in [9.17, 15) is 4.79 Å². The molecule has 0 saturated carbocycles.